The second kappa shape index (κ2) is 5.31. The zero-order chi connectivity index (χ0) is 15.0. The fourth-order valence-corrected chi connectivity index (χ4v) is 3.01. The van der Waals surface area contributed by atoms with Gasteiger partial charge in [-0.25, -0.2) is 0 Å². The van der Waals surface area contributed by atoms with Crippen LogP contribution in [0.15, 0.2) is 18.3 Å². The molecule has 0 fully saturated rings. The molecule has 0 spiro atoms. The third kappa shape index (κ3) is 2.33. The van der Waals surface area contributed by atoms with Gasteiger partial charge >= 0.3 is 0 Å². The number of hydrogen-bond acceptors (Lipinski definition) is 3. The summed E-state index contributed by atoms with van der Waals surface area (Å²) in [4.78, 5) is 18.5. The largest absolute Gasteiger partial charge is 0.332 e. The number of hydrogen-bond donors (Lipinski definition) is 0. The summed E-state index contributed by atoms with van der Waals surface area (Å²) in [6, 6.07) is 3.68. The molecule has 0 radical (unpaired) electrons. The lowest BCUT2D eigenvalue weighted by Crippen LogP contribution is -2.26. The van der Waals surface area contributed by atoms with Gasteiger partial charge in [0, 0.05) is 25.0 Å². The highest BCUT2D eigenvalue weighted by atomic mass is 16.2. The van der Waals surface area contributed by atoms with Crippen LogP contribution >= 0.6 is 0 Å². The monoisotopic (exact) mass is 284 g/mol. The minimum absolute atomic E-state index is 0.0938. The van der Waals surface area contributed by atoms with Gasteiger partial charge in [0.1, 0.15) is 0 Å². The second-order valence-electron chi connectivity index (χ2n) is 5.44. The van der Waals surface area contributed by atoms with Gasteiger partial charge in [0.15, 0.2) is 0 Å². The maximum atomic E-state index is 12.3. The van der Waals surface area contributed by atoms with Crippen molar-refractivity contribution in [2.45, 2.75) is 40.3 Å². The molecule has 5 nitrogen and oxygen atoms in total. The van der Waals surface area contributed by atoms with Crippen LogP contribution < -0.4 is 0 Å². The van der Waals surface area contributed by atoms with Crippen LogP contribution in [0.5, 0.6) is 0 Å². The van der Waals surface area contributed by atoms with E-state index in [1.807, 2.05) is 28.6 Å². The number of amides is 1. The Morgan fingerprint density at radius 2 is 2.14 bits per heavy atom. The molecule has 2 aromatic heterocycles. The third-order valence-electron chi connectivity index (χ3n) is 4.21. The number of carbonyl (C=O) groups is 1. The van der Waals surface area contributed by atoms with Gasteiger partial charge in [-0.2, -0.15) is 5.10 Å². The summed E-state index contributed by atoms with van der Waals surface area (Å²) in [5, 5.41) is 4.53. The maximum Gasteiger partial charge on any atom is 0.256 e. The molecule has 1 aliphatic heterocycles. The van der Waals surface area contributed by atoms with Crippen LogP contribution in [0.4, 0.5) is 0 Å². The standard InChI is InChI=1S/C16H20N4O/c1-4-20-12(3)13(11(2)18-20)7-9-19-10-15-14(16(19)21)6-5-8-17-15/h5-6,8H,4,7,9-10H2,1-3H3. The molecular formula is C16H20N4O. The number of nitrogens with zero attached hydrogens (tertiary/aromatic N) is 4. The van der Waals surface area contributed by atoms with Gasteiger partial charge in [0.25, 0.3) is 5.91 Å². The van der Waals surface area contributed by atoms with Crippen LogP contribution in [0.25, 0.3) is 0 Å². The Morgan fingerprint density at radius 1 is 1.33 bits per heavy atom. The lowest BCUT2D eigenvalue weighted by atomic mass is 10.1. The summed E-state index contributed by atoms with van der Waals surface area (Å²) in [6.45, 7) is 8.44. The molecule has 0 aromatic carbocycles. The Bertz CT molecular complexity index is 690. The zero-order valence-electron chi connectivity index (χ0n) is 12.8. The van der Waals surface area contributed by atoms with Gasteiger partial charge in [0.2, 0.25) is 0 Å². The molecule has 0 saturated heterocycles. The van der Waals surface area contributed by atoms with Crippen LogP contribution in [0.3, 0.4) is 0 Å². The molecule has 1 aliphatic rings. The molecule has 110 valence electrons. The molecule has 3 rings (SSSR count). The van der Waals surface area contributed by atoms with Gasteiger partial charge in [-0.3, -0.25) is 14.5 Å². The summed E-state index contributed by atoms with van der Waals surface area (Å²) in [6.07, 6.45) is 2.59. The first-order valence-corrected chi connectivity index (χ1v) is 7.37. The van der Waals surface area contributed by atoms with Crippen LogP contribution in [0.1, 0.15) is 39.9 Å². The van der Waals surface area contributed by atoms with Gasteiger partial charge in [-0.15, -0.1) is 0 Å². The SMILES string of the molecule is CCn1nc(C)c(CCN2Cc3ncccc3C2=O)c1C. The van der Waals surface area contributed by atoms with Crippen LogP contribution in [0, 0.1) is 13.8 Å². The van der Waals surface area contributed by atoms with Crippen molar-refractivity contribution in [3.05, 3.63) is 46.5 Å². The summed E-state index contributed by atoms with van der Waals surface area (Å²) >= 11 is 0. The molecule has 21 heavy (non-hydrogen) atoms. The van der Waals surface area contributed by atoms with E-state index in [2.05, 4.69) is 23.9 Å². The molecule has 0 bridgehead atoms. The van der Waals surface area contributed by atoms with Crippen LogP contribution in [0.2, 0.25) is 0 Å². The van der Waals surface area contributed by atoms with E-state index in [0.29, 0.717) is 13.1 Å². The fraction of sp³-hybridized carbons (Fsp3) is 0.438. The minimum atomic E-state index is 0.0938. The quantitative estimate of drug-likeness (QED) is 0.864. The summed E-state index contributed by atoms with van der Waals surface area (Å²) in [5.74, 6) is 0.0938. The highest BCUT2D eigenvalue weighted by Crippen LogP contribution is 2.21. The smallest absolute Gasteiger partial charge is 0.256 e. The Kier molecular flexibility index (Phi) is 3.49. The summed E-state index contributed by atoms with van der Waals surface area (Å²) in [7, 11) is 0. The molecule has 5 heteroatoms. The van der Waals surface area contributed by atoms with Crippen molar-refractivity contribution in [3.8, 4) is 0 Å². The highest BCUT2D eigenvalue weighted by molar-refractivity contribution is 5.97. The predicted molar refractivity (Wildman–Crippen MR) is 80.1 cm³/mol. The first-order chi connectivity index (χ1) is 10.1. The molecular weight excluding hydrogens is 264 g/mol. The number of pyridine rings is 1. The Hall–Kier alpha value is -2.17. The van der Waals surface area contributed by atoms with Gasteiger partial charge < -0.3 is 4.90 Å². The minimum Gasteiger partial charge on any atom is -0.332 e. The van der Waals surface area contributed by atoms with E-state index in [1.165, 1.54) is 11.3 Å². The average molecular weight is 284 g/mol. The topological polar surface area (TPSA) is 51.0 Å². The summed E-state index contributed by atoms with van der Waals surface area (Å²) in [5.41, 5.74) is 5.16. The molecule has 3 heterocycles. The normalized spacial score (nSPS) is 13.9. The van der Waals surface area contributed by atoms with E-state index in [0.717, 1.165) is 29.9 Å². The van der Waals surface area contributed by atoms with Gasteiger partial charge in [-0.1, -0.05) is 0 Å². The Labute approximate surface area is 124 Å². The lowest BCUT2D eigenvalue weighted by Gasteiger charge is -2.15. The number of rotatable bonds is 4. The van der Waals surface area contributed by atoms with Crippen molar-refractivity contribution < 1.29 is 4.79 Å². The number of fused-ring (bicyclic) bond motifs is 1. The van der Waals surface area contributed by atoms with E-state index in [4.69, 9.17) is 0 Å². The number of aryl methyl sites for hydroxylation is 2. The first kappa shape index (κ1) is 13.8. The summed E-state index contributed by atoms with van der Waals surface area (Å²) < 4.78 is 2.02. The fourth-order valence-electron chi connectivity index (χ4n) is 3.01. The molecule has 2 aromatic rings. The first-order valence-electron chi connectivity index (χ1n) is 7.37. The molecule has 0 unspecified atom stereocenters. The third-order valence-corrected chi connectivity index (χ3v) is 4.21. The van der Waals surface area contributed by atoms with E-state index < -0.39 is 0 Å². The van der Waals surface area contributed by atoms with Crippen LogP contribution in [-0.4, -0.2) is 32.1 Å². The molecule has 0 saturated carbocycles. The second-order valence-corrected chi connectivity index (χ2v) is 5.44. The Morgan fingerprint density at radius 3 is 2.81 bits per heavy atom. The zero-order valence-corrected chi connectivity index (χ0v) is 12.8. The maximum absolute atomic E-state index is 12.3. The van der Waals surface area contributed by atoms with E-state index >= 15 is 0 Å². The number of carbonyl (C=O) groups excluding carboxylic acids is 1. The van der Waals surface area contributed by atoms with Gasteiger partial charge in [0.05, 0.1) is 23.5 Å². The lowest BCUT2D eigenvalue weighted by molar-refractivity contribution is 0.0780. The highest BCUT2D eigenvalue weighted by Gasteiger charge is 2.28. The van der Waals surface area contributed by atoms with E-state index in [9.17, 15) is 4.79 Å². The predicted octanol–water partition coefficient (Wildman–Crippen LogP) is 2.11. The van der Waals surface area contributed by atoms with Crippen molar-refractivity contribution in [2.24, 2.45) is 0 Å². The van der Waals surface area contributed by atoms with Crippen molar-refractivity contribution in [1.82, 2.24) is 19.7 Å². The van der Waals surface area contributed by atoms with E-state index in [1.54, 1.807) is 6.20 Å². The molecule has 0 aliphatic carbocycles. The van der Waals surface area contributed by atoms with Crippen molar-refractivity contribution in [2.75, 3.05) is 6.54 Å². The molecule has 0 N–H and O–H groups in total. The van der Waals surface area contributed by atoms with Crippen molar-refractivity contribution in [1.29, 1.82) is 0 Å². The van der Waals surface area contributed by atoms with Crippen LogP contribution in [-0.2, 0) is 19.5 Å². The molecule has 0 atom stereocenters. The van der Waals surface area contributed by atoms with Crippen molar-refractivity contribution >= 4 is 5.91 Å². The Balaban J connectivity index is 1.73. The van der Waals surface area contributed by atoms with Gasteiger partial charge in [-0.05, 0) is 44.9 Å². The molecule has 1 amide bonds. The average Bonchev–Trinajstić information content (AvgIpc) is 2.95. The number of aromatic nitrogens is 3. The van der Waals surface area contributed by atoms with E-state index in [-0.39, 0.29) is 5.91 Å². The van der Waals surface area contributed by atoms with Crippen molar-refractivity contribution in [3.63, 3.8) is 0 Å².